The minimum atomic E-state index is 0.485. The second-order valence-electron chi connectivity index (χ2n) is 3.89. The van der Waals surface area contributed by atoms with Crippen LogP contribution in [-0.2, 0) is 0 Å². The summed E-state index contributed by atoms with van der Waals surface area (Å²) in [4.78, 5) is 0. The Labute approximate surface area is 86.3 Å². The first-order valence-corrected chi connectivity index (χ1v) is 5.50. The summed E-state index contributed by atoms with van der Waals surface area (Å²) in [5.74, 6) is 0.800. The van der Waals surface area contributed by atoms with Crippen LogP contribution in [0.1, 0.15) is 51.3 Å². The van der Waals surface area contributed by atoms with Gasteiger partial charge in [0.25, 0.3) is 0 Å². The highest BCUT2D eigenvalue weighted by Gasteiger charge is 2.12. The van der Waals surface area contributed by atoms with Gasteiger partial charge in [0.05, 0.1) is 11.7 Å². The highest BCUT2D eigenvalue weighted by atomic mass is 15.3. The van der Waals surface area contributed by atoms with Crippen LogP contribution >= 0.6 is 0 Å². The molecule has 14 heavy (non-hydrogen) atoms. The number of hydrogen-bond donors (Lipinski definition) is 1. The molecule has 0 atom stereocenters. The van der Waals surface area contributed by atoms with E-state index in [1.807, 2.05) is 17.7 Å². The number of nitrogens with zero attached hydrogens (tertiary/aromatic N) is 2. The van der Waals surface area contributed by atoms with Crippen molar-refractivity contribution in [1.29, 1.82) is 0 Å². The Morgan fingerprint density at radius 1 is 1.36 bits per heavy atom. The summed E-state index contributed by atoms with van der Waals surface area (Å²) >= 11 is 0. The van der Waals surface area contributed by atoms with Gasteiger partial charge in [-0.15, -0.1) is 0 Å². The number of aryl methyl sites for hydroxylation is 1. The maximum absolute atomic E-state index is 5.90. The molecule has 0 unspecified atom stereocenters. The molecule has 0 radical (unpaired) electrons. The van der Waals surface area contributed by atoms with Crippen molar-refractivity contribution >= 4 is 5.82 Å². The zero-order chi connectivity index (χ0) is 10.6. The summed E-state index contributed by atoms with van der Waals surface area (Å²) in [5.41, 5.74) is 6.92. The molecule has 0 aliphatic heterocycles. The van der Waals surface area contributed by atoms with Crippen molar-refractivity contribution in [2.24, 2.45) is 0 Å². The van der Waals surface area contributed by atoms with Crippen LogP contribution < -0.4 is 5.73 Å². The van der Waals surface area contributed by atoms with Gasteiger partial charge in [-0.25, -0.2) is 4.68 Å². The third kappa shape index (κ3) is 2.50. The maximum Gasteiger partial charge on any atom is 0.122 e. The van der Waals surface area contributed by atoms with Crippen LogP contribution in [0.5, 0.6) is 0 Å². The third-order valence-corrected chi connectivity index (χ3v) is 2.48. The molecule has 0 fully saturated rings. The molecular weight excluding hydrogens is 174 g/mol. The number of nitrogens with two attached hydrogens (primary N) is 1. The molecule has 1 rings (SSSR count). The van der Waals surface area contributed by atoms with E-state index in [9.17, 15) is 0 Å². The third-order valence-electron chi connectivity index (χ3n) is 2.48. The maximum atomic E-state index is 5.90. The Morgan fingerprint density at radius 3 is 2.29 bits per heavy atom. The van der Waals surface area contributed by atoms with Crippen LogP contribution in [0.3, 0.4) is 0 Å². The molecule has 0 amide bonds. The summed E-state index contributed by atoms with van der Waals surface area (Å²) < 4.78 is 1.99. The molecule has 0 aromatic carbocycles. The lowest BCUT2D eigenvalue weighted by Gasteiger charge is -2.17. The van der Waals surface area contributed by atoms with Gasteiger partial charge in [-0.05, 0) is 19.8 Å². The van der Waals surface area contributed by atoms with Gasteiger partial charge in [0.1, 0.15) is 5.82 Å². The van der Waals surface area contributed by atoms with Crippen molar-refractivity contribution in [3.8, 4) is 0 Å². The lowest BCUT2D eigenvalue weighted by Crippen LogP contribution is -2.13. The minimum Gasteiger partial charge on any atom is -0.384 e. The summed E-state index contributed by atoms with van der Waals surface area (Å²) in [6, 6.07) is 2.43. The first-order valence-electron chi connectivity index (χ1n) is 5.50. The quantitative estimate of drug-likeness (QED) is 0.785. The van der Waals surface area contributed by atoms with E-state index in [0.29, 0.717) is 6.04 Å². The molecule has 0 saturated carbocycles. The number of nitrogen functional groups attached to an aromatic ring is 1. The summed E-state index contributed by atoms with van der Waals surface area (Å²) in [6.07, 6.45) is 4.70. The van der Waals surface area contributed by atoms with Gasteiger partial charge in [0.2, 0.25) is 0 Å². The van der Waals surface area contributed by atoms with E-state index in [2.05, 4.69) is 18.9 Å². The van der Waals surface area contributed by atoms with E-state index in [-0.39, 0.29) is 0 Å². The van der Waals surface area contributed by atoms with Crippen molar-refractivity contribution < 1.29 is 0 Å². The van der Waals surface area contributed by atoms with Crippen LogP contribution in [0.4, 0.5) is 5.82 Å². The lowest BCUT2D eigenvalue weighted by atomic mass is 10.1. The molecule has 0 aliphatic rings. The Hall–Kier alpha value is -0.990. The molecular formula is C11H21N3. The summed E-state index contributed by atoms with van der Waals surface area (Å²) in [6.45, 7) is 6.40. The predicted molar refractivity (Wildman–Crippen MR) is 60.2 cm³/mol. The molecule has 0 aliphatic carbocycles. The fourth-order valence-corrected chi connectivity index (χ4v) is 1.88. The Bertz CT molecular complexity index is 272. The van der Waals surface area contributed by atoms with Crippen LogP contribution in [0.25, 0.3) is 0 Å². The largest absolute Gasteiger partial charge is 0.384 e. The zero-order valence-electron chi connectivity index (χ0n) is 9.45. The molecule has 3 heteroatoms. The topological polar surface area (TPSA) is 43.8 Å². The van der Waals surface area contributed by atoms with Gasteiger partial charge in [0.15, 0.2) is 0 Å². The number of hydrogen-bond acceptors (Lipinski definition) is 2. The van der Waals surface area contributed by atoms with Gasteiger partial charge in [-0.2, -0.15) is 5.10 Å². The Morgan fingerprint density at radius 2 is 1.93 bits per heavy atom. The lowest BCUT2D eigenvalue weighted by molar-refractivity contribution is 0.395. The second kappa shape index (κ2) is 5.03. The van der Waals surface area contributed by atoms with Crippen molar-refractivity contribution in [3.05, 3.63) is 11.8 Å². The van der Waals surface area contributed by atoms with E-state index in [0.717, 1.165) is 11.5 Å². The fraction of sp³-hybridized carbons (Fsp3) is 0.727. The van der Waals surface area contributed by atoms with E-state index < -0.39 is 0 Å². The van der Waals surface area contributed by atoms with Crippen LogP contribution in [0.2, 0.25) is 0 Å². The smallest absolute Gasteiger partial charge is 0.122 e. The molecule has 80 valence electrons. The highest BCUT2D eigenvalue weighted by molar-refractivity contribution is 5.30. The molecule has 3 nitrogen and oxygen atoms in total. The monoisotopic (exact) mass is 195 g/mol. The average molecular weight is 195 g/mol. The van der Waals surface area contributed by atoms with E-state index >= 15 is 0 Å². The number of anilines is 1. The first-order chi connectivity index (χ1) is 6.69. The molecule has 0 bridgehead atoms. The van der Waals surface area contributed by atoms with Crippen molar-refractivity contribution in [2.75, 3.05) is 5.73 Å². The van der Waals surface area contributed by atoms with E-state index in [1.165, 1.54) is 25.7 Å². The Kier molecular flexibility index (Phi) is 3.98. The average Bonchev–Trinajstić information content (AvgIpc) is 2.45. The van der Waals surface area contributed by atoms with Gasteiger partial charge < -0.3 is 5.73 Å². The van der Waals surface area contributed by atoms with Gasteiger partial charge in [-0.3, -0.25) is 0 Å². The normalized spacial score (nSPS) is 11.1. The van der Waals surface area contributed by atoms with Crippen molar-refractivity contribution in [1.82, 2.24) is 9.78 Å². The molecule has 0 saturated heterocycles. The number of rotatable bonds is 5. The predicted octanol–water partition coefficient (Wildman–Crippen LogP) is 2.92. The second-order valence-corrected chi connectivity index (χ2v) is 3.89. The Balaban J connectivity index is 2.80. The molecule has 1 heterocycles. The zero-order valence-corrected chi connectivity index (χ0v) is 9.45. The van der Waals surface area contributed by atoms with Crippen LogP contribution in [-0.4, -0.2) is 9.78 Å². The van der Waals surface area contributed by atoms with Gasteiger partial charge in [-0.1, -0.05) is 26.7 Å². The van der Waals surface area contributed by atoms with Crippen molar-refractivity contribution in [2.45, 2.75) is 52.5 Å². The molecule has 2 N–H and O–H groups in total. The minimum absolute atomic E-state index is 0.485. The molecule has 1 aromatic rings. The van der Waals surface area contributed by atoms with Crippen LogP contribution in [0.15, 0.2) is 6.07 Å². The SMILES string of the molecule is CCCC(CCC)n1nc(C)cc1N. The fourth-order valence-electron chi connectivity index (χ4n) is 1.88. The molecule has 0 spiro atoms. The summed E-state index contributed by atoms with van der Waals surface area (Å²) in [7, 11) is 0. The van der Waals surface area contributed by atoms with Crippen molar-refractivity contribution in [3.63, 3.8) is 0 Å². The number of aromatic nitrogens is 2. The van der Waals surface area contributed by atoms with E-state index in [4.69, 9.17) is 5.73 Å². The standard InChI is InChI=1S/C11H21N3/c1-4-6-10(7-5-2)14-11(12)8-9(3)13-14/h8,10H,4-7,12H2,1-3H3. The van der Waals surface area contributed by atoms with Gasteiger partial charge >= 0.3 is 0 Å². The first kappa shape index (κ1) is 11.1. The van der Waals surface area contributed by atoms with Gasteiger partial charge in [0, 0.05) is 6.07 Å². The molecule has 1 aromatic heterocycles. The summed E-state index contributed by atoms with van der Waals surface area (Å²) in [5, 5.41) is 4.44. The van der Waals surface area contributed by atoms with E-state index in [1.54, 1.807) is 0 Å². The highest BCUT2D eigenvalue weighted by Crippen LogP contribution is 2.22. The van der Waals surface area contributed by atoms with Crippen LogP contribution in [0, 0.1) is 6.92 Å².